The van der Waals surface area contributed by atoms with Crippen LogP contribution in [-0.4, -0.2) is 25.9 Å². The molecule has 11 heavy (non-hydrogen) atoms. The normalized spacial score (nSPS) is 12.5. The Labute approximate surface area is 68.5 Å². The molecule has 0 bridgehead atoms. The molecule has 0 aromatic carbocycles. The molecule has 0 aromatic rings. The van der Waals surface area contributed by atoms with Crippen molar-refractivity contribution in [2.75, 3.05) is 19.8 Å². The van der Waals surface area contributed by atoms with Gasteiger partial charge in [0.25, 0.3) is 0 Å². The Kier molecular flexibility index (Phi) is 7.10. The molecular formula is C9H16O2. The molecule has 0 aliphatic rings. The molecule has 2 nitrogen and oxygen atoms in total. The van der Waals surface area contributed by atoms with E-state index in [1.54, 1.807) is 12.2 Å². The lowest BCUT2D eigenvalue weighted by molar-refractivity contribution is 0.0129. The van der Waals surface area contributed by atoms with Crippen LogP contribution in [0.15, 0.2) is 25.3 Å². The number of rotatable bonds is 7. The average Bonchev–Trinajstić information content (AvgIpc) is 2.01. The predicted octanol–water partition coefficient (Wildman–Crippen LogP) is 1.78. The Balaban J connectivity index is 3.14. The summed E-state index contributed by atoms with van der Waals surface area (Å²) < 4.78 is 10.4. The van der Waals surface area contributed by atoms with Crippen LogP contribution in [0.3, 0.4) is 0 Å². The van der Waals surface area contributed by atoms with Crippen molar-refractivity contribution in [2.45, 2.75) is 13.0 Å². The van der Waals surface area contributed by atoms with Crippen LogP contribution in [0, 0.1) is 0 Å². The van der Waals surface area contributed by atoms with Crippen LogP contribution in [0.1, 0.15) is 6.92 Å². The molecule has 0 fully saturated rings. The van der Waals surface area contributed by atoms with Gasteiger partial charge in [-0.2, -0.15) is 0 Å². The summed E-state index contributed by atoms with van der Waals surface area (Å²) in [5.74, 6) is 0. The summed E-state index contributed by atoms with van der Waals surface area (Å²) >= 11 is 0. The van der Waals surface area contributed by atoms with Gasteiger partial charge in [0.1, 0.15) is 0 Å². The van der Waals surface area contributed by atoms with Crippen molar-refractivity contribution < 1.29 is 9.47 Å². The molecule has 0 amide bonds. The zero-order valence-corrected chi connectivity index (χ0v) is 7.08. The summed E-state index contributed by atoms with van der Waals surface area (Å²) in [6.45, 7) is 10.8. The molecule has 0 aromatic heterocycles. The Morgan fingerprint density at radius 1 is 1.27 bits per heavy atom. The first kappa shape index (κ1) is 10.4. The summed E-state index contributed by atoms with van der Waals surface area (Å²) in [7, 11) is 0. The van der Waals surface area contributed by atoms with Crippen molar-refractivity contribution in [3.8, 4) is 0 Å². The quantitative estimate of drug-likeness (QED) is 0.413. The van der Waals surface area contributed by atoms with Gasteiger partial charge in [0.15, 0.2) is 0 Å². The molecule has 2 heteroatoms. The van der Waals surface area contributed by atoms with Crippen molar-refractivity contribution in [1.29, 1.82) is 0 Å². The second-order valence-electron chi connectivity index (χ2n) is 2.26. The molecule has 0 aliphatic heterocycles. The van der Waals surface area contributed by atoms with E-state index in [4.69, 9.17) is 9.47 Å². The lowest BCUT2D eigenvalue weighted by Crippen LogP contribution is -2.15. The molecule has 0 radical (unpaired) electrons. The van der Waals surface area contributed by atoms with Crippen molar-refractivity contribution >= 4 is 0 Å². The van der Waals surface area contributed by atoms with Crippen molar-refractivity contribution in [2.24, 2.45) is 0 Å². The van der Waals surface area contributed by atoms with Gasteiger partial charge in [-0.05, 0) is 6.92 Å². The van der Waals surface area contributed by atoms with Gasteiger partial charge in [-0.1, -0.05) is 12.2 Å². The predicted molar refractivity (Wildman–Crippen MR) is 46.6 cm³/mol. The lowest BCUT2D eigenvalue weighted by Gasteiger charge is -2.10. The third-order valence-electron chi connectivity index (χ3n) is 1.09. The van der Waals surface area contributed by atoms with Gasteiger partial charge in [0.2, 0.25) is 0 Å². The number of hydrogen-bond acceptors (Lipinski definition) is 2. The van der Waals surface area contributed by atoms with E-state index < -0.39 is 0 Å². The van der Waals surface area contributed by atoms with Gasteiger partial charge in [-0.25, -0.2) is 0 Å². The van der Waals surface area contributed by atoms with E-state index >= 15 is 0 Å². The van der Waals surface area contributed by atoms with Crippen LogP contribution in [0.2, 0.25) is 0 Å². The fourth-order valence-electron chi connectivity index (χ4n) is 0.598. The van der Waals surface area contributed by atoms with Crippen LogP contribution in [0.25, 0.3) is 0 Å². The average molecular weight is 156 g/mol. The Bertz CT molecular complexity index is 110. The summed E-state index contributed by atoms with van der Waals surface area (Å²) in [5.41, 5.74) is 0. The van der Waals surface area contributed by atoms with E-state index in [1.165, 1.54) is 0 Å². The van der Waals surface area contributed by atoms with Gasteiger partial charge in [0.05, 0.1) is 25.9 Å². The minimum Gasteiger partial charge on any atom is -0.375 e. The summed E-state index contributed by atoms with van der Waals surface area (Å²) in [6, 6.07) is 0. The highest BCUT2D eigenvalue weighted by Crippen LogP contribution is 1.91. The van der Waals surface area contributed by atoms with Gasteiger partial charge < -0.3 is 9.47 Å². The number of ether oxygens (including phenoxy) is 2. The second-order valence-corrected chi connectivity index (χ2v) is 2.26. The maximum atomic E-state index is 5.26. The molecule has 1 atom stereocenters. The van der Waals surface area contributed by atoms with E-state index in [-0.39, 0.29) is 6.10 Å². The van der Waals surface area contributed by atoms with Crippen molar-refractivity contribution in [3.05, 3.63) is 25.3 Å². The fourth-order valence-corrected chi connectivity index (χ4v) is 0.598. The zero-order valence-electron chi connectivity index (χ0n) is 7.08. The monoisotopic (exact) mass is 156 g/mol. The Morgan fingerprint density at radius 2 is 1.91 bits per heavy atom. The molecule has 0 unspecified atom stereocenters. The molecule has 0 saturated carbocycles. The molecule has 64 valence electrons. The highest BCUT2D eigenvalue weighted by molar-refractivity contribution is 4.66. The SMILES string of the molecule is C=CCOC[C@H](C)OCC=C. The first-order chi connectivity index (χ1) is 5.31. The molecule has 0 N–H and O–H groups in total. The molecule has 0 saturated heterocycles. The Morgan fingerprint density at radius 3 is 2.45 bits per heavy atom. The molecule has 0 aliphatic carbocycles. The van der Waals surface area contributed by atoms with Gasteiger partial charge in [-0.3, -0.25) is 0 Å². The fraction of sp³-hybridized carbons (Fsp3) is 0.556. The lowest BCUT2D eigenvalue weighted by atomic mass is 10.4. The minimum atomic E-state index is 0.132. The third kappa shape index (κ3) is 7.30. The van der Waals surface area contributed by atoms with Crippen molar-refractivity contribution in [1.82, 2.24) is 0 Å². The van der Waals surface area contributed by atoms with E-state index in [1.807, 2.05) is 6.92 Å². The smallest absolute Gasteiger partial charge is 0.0784 e. The first-order valence-corrected chi connectivity index (χ1v) is 3.72. The molecule has 0 heterocycles. The summed E-state index contributed by atoms with van der Waals surface area (Å²) in [5, 5.41) is 0. The zero-order chi connectivity index (χ0) is 8.53. The topological polar surface area (TPSA) is 18.5 Å². The molecule has 0 spiro atoms. The molecular weight excluding hydrogens is 140 g/mol. The highest BCUT2D eigenvalue weighted by Gasteiger charge is 1.98. The highest BCUT2D eigenvalue weighted by atomic mass is 16.5. The van der Waals surface area contributed by atoms with E-state index in [9.17, 15) is 0 Å². The third-order valence-corrected chi connectivity index (χ3v) is 1.09. The second kappa shape index (κ2) is 7.51. The van der Waals surface area contributed by atoms with Gasteiger partial charge in [-0.15, -0.1) is 13.2 Å². The van der Waals surface area contributed by atoms with Gasteiger partial charge >= 0.3 is 0 Å². The first-order valence-electron chi connectivity index (χ1n) is 3.72. The number of hydrogen-bond donors (Lipinski definition) is 0. The van der Waals surface area contributed by atoms with Crippen molar-refractivity contribution in [3.63, 3.8) is 0 Å². The van der Waals surface area contributed by atoms with Crippen LogP contribution in [0.5, 0.6) is 0 Å². The van der Waals surface area contributed by atoms with E-state index in [2.05, 4.69) is 13.2 Å². The minimum absolute atomic E-state index is 0.132. The maximum Gasteiger partial charge on any atom is 0.0784 e. The summed E-state index contributed by atoms with van der Waals surface area (Å²) in [4.78, 5) is 0. The van der Waals surface area contributed by atoms with Crippen LogP contribution >= 0.6 is 0 Å². The summed E-state index contributed by atoms with van der Waals surface area (Å²) in [6.07, 6.45) is 3.58. The largest absolute Gasteiger partial charge is 0.375 e. The standard InChI is InChI=1S/C9H16O2/c1-4-6-10-8-9(3)11-7-5-2/h4-5,9H,1-2,6-8H2,3H3/t9-/m0/s1. The van der Waals surface area contributed by atoms with Gasteiger partial charge in [0, 0.05) is 0 Å². The van der Waals surface area contributed by atoms with E-state index in [0.717, 1.165) is 0 Å². The Hall–Kier alpha value is -0.600. The van der Waals surface area contributed by atoms with Crippen LogP contribution in [-0.2, 0) is 9.47 Å². The van der Waals surface area contributed by atoms with Crippen LogP contribution in [0.4, 0.5) is 0 Å². The van der Waals surface area contributed by atoms with Crippen LogP contribution < -0.4 is 0 Å². The maximum absolute atomic E-state index is 5.26. The molecule has 0 rings (SSSR count). The van der Waals surface area contributed by atoms with E-state index in [0.29, 0.717) is 19.8 Å².